The number of amides is 2. The number of benzene rings is 1. The number of rotatable bonds is 5. The molecule has 1 aromatic carbocycles. The summed E-state index contributed by atoms with van der Waals surface area (Å²) in [5.74, 6) is -1.04. The average Bonchev–Trinajstić information content (AvgIpc) is 3.00. The van der Waals surface area contributed by atoms with Crippen molar-refractivity contribution in [2.24, 2.45) is 5.92 Å². The molecule has 7 heteroatoms. The highest BCUT2D eigenvalue weighted by Gasteiger charge is 2.33. The summed E-state index contributed by atoms with van der Waals surface area (Å²) in [6.45, 7) is 5.03. The van der Waals surface area contributed by atoms with Crippen LogP contribution in [0.15, 0.2) is 23.1 Å². The molecule has 0 spiro atoms. The lowest BCUT2D eigenvalue weighted by Crippen LogP contribution is -2.51. The molecule has 24 heavy (non-hydrogen) atoms. The van der Waals surface area contributed by atoms with Crippen LogP contribution in [0.25, 0.3) is 0 Å². The molecule has 2 rings (SSSR count). The van der Waals surface area contributed by atoms with E-state index in [9.17, 15) is 18.0 Å². The van der Waals surface area contributed by atoms with Crippen molar-refractivity contribution in [3.8, 4) is 0 Å². The van der Waals surface area contributed by atoms with E-state index >= 15 is 0 Å². The molecule has 2 N–H and O–H groups in total. The minimum Gasteiger partial charge on any atom is -0.344 e. The van der Waals surface area contributed by atoms with Crippen LogP contribution in [0, 0.1) is 19.8 Å². The molecular formula is C17H24N2O4S. The fourth-order valence-corrected chi connectivity index (χ4v) is 4.13. The van der Waals surface area contributed by atoms with Gasteiger partial charge in [0.15, 0.2) is 0 Å². The van der Waals surface area contributed by atoms with Crippen molar-refractivity contribution in [1.82, 2.24) is 10.0 Å². The molecule has 1 aliphatic rings. The second-order valence-corrected chi connectivity index (χ2v) is 8.12. The summed E-state index contributed by atoms with van der Waals surface area (Å²) in [6, 6.07) is 3.90. The van der Waals surface area contributed by atoms with Gasteiger partial charge in [-0.2, -0.15) is 0 Å². The summed E-state index contributed by atoms with van der Waals surface area (Å²) in [6.07, 6.45) is 3.58. The molecular weight excluding hydrogens is 328 g/mol. The topological polar surface area (TPSA) is 92.3 Å². The Morgan fingerprint density at radius 1 is 1.12 bits per heavy atom. The number of carbonyl (C=O) groups is 2. The van der Waals surface area contributed by atoms with Crippen LogP contribution in [0.4, 0.5) is 0 Å². The highest BCUT2D eigenvalue weighted by molar-refractivity contribution is 7.90. The zero-order valence-electron chi connectivity index (χ0n) is 14.3. The van der Waals surface area contributed by atoms with Gasteiger partial charge in [0.05, 0.1) is 4.90 Å². The number of sulfonamides is 1. The number of aryl methyl sites for hydroxylation is 2. The fourth-order valence-electron chi connectivity index (χ4n) is 3.04. The Labute approximate surface area is 143 Å². The lowest BCUT2D eigenvalue weighted by molar-refractivity contribution is -0.128. The first-order chi connectivity index (χ1) is 11.2. The molecule has 2 amide bonds. The van der Waals surface area contributed by atoms with Crippen LogP contribution in [-0.2, 0) is 19.6 Å². The van der Waals surface area contributed by atoms with Crippen molar-refractivity contribution in [2.45, 2.75) is 57.4 Å². The minimum atomic E-state index is -3.96. The molecule has 1 saturated carbocycles. The van der Waals surface area contributed by atoms with Gasteiger partial charge in [-0.3, -0.25) is 9.59 Å². The standard InChI is InChI=1S/C17H24N2O4S/c1-11-8-9-15(10-12(11)2)24(22,23)19-17(21)16(18-13(3)20)14-6-4-5-7-14/h8-10,14,16H,4-7H2,1-3H3,(H,18,20)(H,19,21). The van der Waals surface area contributed by atoms with Crippen LogP contribution < -0.4 is 10.0 Å². The van der Waals surface area contributed by atoms with Gasteiger partial charge in [0, 0.05) is 6.92 Å². The van der Waals surface area contributed by atoms with E-state index in [2.05, 4.69) is 10.0 Å². The Kier molecular flexibility index (Phi) is 5.64. The maximum absolute atomic E-state index is 12.5. The van der Waals surface area contributed by atoms with Gasteiger partial charge in [0.1, 0.15) is 6.04 Å². The summed E-state index contributed by atoms with van der Waals surface area (Å²) in [5.41, 5.74) is 1.81. The fraction of sp³-hybridized carbons (Fsp3) is 0.529. The van der Waals surface area contributed by atoms with Crippen molar-refractivity contribution in [3.05, 3.63) is 29.3 Å². The third-order valence-electron chi connectivity index (χ3n) is 4.54. The van der Waals surface area contributed by atoms with Gasteiger partial charge < -0.3 is 5.32 Å². The first-order valence-electron chi connectivity index (χ1n) is 8.12. The molecule has 0 aliphatic heterocycles. The predicted molar refractivity (Wildman–Crippen MR) is 90.8 cm³/mol. The lowest BCUT2D eigenvalue weighted by atomic mass is 9.97. The Hall–Kier alpha value is -1.89. The van der Waals surface area contributed by atoms with Crippen molar-refractivity contribution in [3.63, 3.8) is 0 Å². The molecule has 0 heterocycles. The van der Waals surface area contributed by atoms with Gasteiger partial charge in [-0.1, -0.05) is 18.9 Å². The maximum Gasteiger partial charge on any atom is 0.264 e. The third-order valence-corrected chi connectivity index (χ3v) is 5.88. The number of hydrogen-bond acceptors (Lipinski definition) is 4. The van der Waals surface area contributed by atoms with Crippen LogP contribution in [0.2, 0.25) is 0 Å². The van der Waals surface area contributed by atoms with Gasteiger partial charge in [-0.05, 0) is 55.9 Å². The van der Waals surface area contributed by atoms with E-state index in [1.54, 1.807) is 6.07 Å². The van der Waals surface area contributed by atoms with Gasteiger partial charge >= 0.3 is 0 Å². The van der Waals surface area contributed by atoms with E-state index in [4.69, 9.17) is 0 Å². The second kappa shape index (κ2) is 7.34. The summed E-state index contributed by atoms with van der Waals surface area (Å²) in [5, 5.41) is 2.60. The summed E-state index contributed by atoms with van der Waals surface area (Å²) in [4.78, 5) is 23.9. The SMILES string of the molecule is CC(=O)NC(C(=O)NS(=O)(=O)c1ccc(C)c(C)c1)C1CCCC1. The molecule has 1 aromatic rings. The predicted octanol–water partition coefficient (Wildman–Crippen LogP) is 1.80. The van der Waals surface area contributed by atoms with Crippen molar-refractivity contribution < 1.29 is 18.0 Å². The Morgan fingerprint density at radius 2 is 1.75 bits per heavy atom. The molecule has 1 atom stereocenters. The highest BCUT2D eigenvalue weighted by Crippen LogP contribution is 2.28. The lowest BCUT2D eigenvalue weighted by Gasteiger charge is -2.23. The zero-order valence-corrected chi connectivity index (χ0v) is 15.1. The summed E-state index contributed by atoms with van der Waals surface area (Å²) in [7, 11) is -3.96. The normalized spacial score (nSPS) is 16.6. The van der Waals surface area contributed by atoms with Gasteiger partial charge in [0.25, 0.3) is 15.9 Å². The summed E-state index contributed by atoms with van der Waals surface area (Å²) >= 11 is 0. The first kappa shape index (κ1) is 18.4. The second-order valence-electron chi connectivity index (χ2n) is 6.44. The zero-order chi connectivity index (χ0) is 17.9. The Morgan fingerprint density at radius 3 is 2.29 bits per heavy atom. The van der Waals surface area contributed by atoms with Crippen LogP contribution in [0.3, 0.4) is 0 Å². The molecule has 6 nitrogen and oxygen atoms in total. The summed E-state index contributed by atoms with van der Waals surface area (Å²) < 4.78 is 27.1. The van der Waals surface area contributed by atoms with Crippen LogP contribution in [0.1, 0.15) is 43.7 Å². The highest BCUT2D eigenvalue weighted by atomic mass is 32.2. The molecule has 0 saturated heterocycles. The smallest absolute Gasteiger partial charge is 0.264 e. The molecule has 0 radical (unpaired) electrons. The Balaban J connectivity index is 2.20. The molecule has 1 fully saturated rings. The number of carbonyl (C=O) groups excluding carboxylic acids is 2. The molecule has 1 unspecified atom stereocenters. The average molecular weight is 352 g/mol. The van der Waals surface area contributed by atoms with Crippen LogP contribution in [0.5, 0.6) is 0 Å². The largest absolute Gasteiger partial charge is 0.344 e. The maximum atomic E-state index is 12.5. The molecule has 132 valence electrons. The van der Waals surface area contributed by atoms with E-state index < -0.39 is 22.0 Å². The quantitative estimate of drug-likeness (QED) is 0.845. The Bertz CT molecular complexity index is 737. The molecule has 1 aliphatic carbocycles. The van der Waals surface area contributed by atoms with Crippen molar-refractivity contribution >= 4 is 21.8 Å². The third kappa shape index (κ3) is 4.35. The number of hydrogen-bond donors (Lipinski definition) is 2. The molecule has 0 bridgehead atoms. The van der Waals surface area contributed by atoms with Gasteiger partial charge in [-0.25, -0.2) is 13.1 Å². The van der Waals surface area contributed by atoms with Gasteiger partial charge in [0.2, 0.25) is 5.91 Å². The molecule has 0 aromatic heterocycles. The van der Waals surface area contributed by atoms with E-state index in [0.717, 1.165) is 36.8 Å². The van der Waals surface area contributed by atoms with Gasteiger partial charge in [-0.15, -0.1) is 0 Å². The van der Waals surface area contributed by atoms with Crippen molar-refractivity contribution in [1.29, 1.82) is 0 Å². The van der Waals surface area contributed by atoms with E-state index in [1.807, 2.05) is 13.8 Å². The van der Waals surface area contributed by atoms with Crippen LogP contribution >= 0.6 is 0 Å². The first-order valence-corrected chi connectivity index (χ1v) is 9.60. The number of nitrogens with one attached hydrogen (secondary N) is 2. The van der Waals surface area contributed by atoms with E-state index in [-0.39, 0.29) is 16.7 Å². The van der Waals surface area contributed by atoms with E-state index in [0.29, 0.717) is 0 Å². The monoisotopic (exact) mass is 352 g/mol. The van der Waals surface area contributed by atoms with Crippen molar-refractivity contribution in [2.75, 3.05) is 0 Å². The minimum absolute atomic E-state index is 0.0242. The van der Waals surface area contributed by atoms with Crippen LogP contribution in [-0.4, -0.2) is 26.3 Å². The van der Waals surface area contributed by atoms with E-state index in [1.165, 1.54) is 19.1 Å².